The van der Waals surface area contributed by atoms with Gasteiger partial charge in [0.1, 0.15) is 5.82 Å². The fourth-order valence-electron chi connectivity index (χ4n) is 2.28. The van der Waals surface area contributed by atoms with E-state index in [4.69, 9.17) is 5.11 Å². The van der Waals surface area contributed by atoms with Gasteiger partial charge < -0.3 is 10.4 Å². The summed E-state index contributed by atoms with van der Waals surface area (Å²) in [5.41, 5.74) is -0.426. The fraction of sp³-hybridized carbons (Fsp3) is 0.467. The quantitative estimate of drug-likeness (QED) is 0.867. The normalized spacial score (nSPS) is 18.9. The minimum atomic E-state index is -0.964. The molecule has 0 radical (unpaired) electrons. The monoisotopic (exact) mass is 279 g/mol. The molecule has 20 heavy (non-hydrogen) atoms. The van der Waals surface area contributed by atoms with Gasteiger partial charge in [-0.05, 0) is 32.8 Å². The Labute approximate surface area is 117 Å². The Bertz CT molecular complexity index is 540. The third kappa shape index (κ3) is 2.53. The van der Waals surface area contributed by atoms with Crippen LogP contribution < -0.4 is 5.32 Å². The predicted molar refractivity (Wildman–Crippen MR) is 71.7 cm³/mol. The second-order valence-corrected chi connectivity index (χ2v) is 5.45. The third-order valence-electron chi connectivity index (χ3n) is 4.07. The molecule has 0 saturated heterocycles. The van der Waals surface area contributed by atoms with Gasteiger partial charge in [-0.2, -0.15) is 0 Å². The average molecular weight is 279 g/mol. The first-order chi connectivity index (χ1) is 9.38. The second kappa shape index (κ2) is 5.23. The molecule has 2 N–H and O–H groups in total. The summed E-state index contributed by atoms with van der Waals surface area (Å²) in [4.78, 5) is 23.2. The van der Waals surface area contributed by atoms with Crippen molar-refractivity contribution in [2.45, 2.75) is 38.1 Å². The predicted octanol–water partition coefficient (Wildman–Crippen LogP) is 2.08. The molecule has 108 valence electrons. The molecule has 4 nitrogen and oxygen atoms in total. The summed E-state index contributed by atoms with van der Waals surface area (Å²) >= 11 is 0. The van der Waals surface area contributed by atoms with Crippen molar-refractivity contribution in [1.29, 1.82) is 0 Å². The standard InChI is InChI=1S/C15H18FNO3/c1-9(13(18)19)10(2)17-14(20)15(7-8-15)11-5-3-4-6-12(11)16/h3-6,9-10H,7-8H2,1-2H3,(H,17,20)(H,18,19). The topological polar surface area (TPSA) is 66.4 Å². The van der Waals surface area contributed by atoms with Crippen LogP contribution in [0.15, 0.2) is 24.3 Å². The fourth-order valence-corrected chi connectivity index (χ4v) is 2.28. The summed E-state index contributed by atoms with van der Waals surface area (Å²) in [5, 5.41) is 11.6. The Hall–Kier alpha value is -1.91. The summed E-state index contributed by atoms with van der Waals surface area (Å²) in [6.45, 7) is 3.18. The molecule has 0 aliphatic heterocycles. The number of carboxylic acid groups (broad SMARTS) is 1. The van der Waals surface area contributed by atoms with E-state index >= 15 is 0 Å². The highest BCUT2D eigenvalue weighted by Crippen LogP contribution is 2.49. The Morgan fingerprint density at radius 1 is 1.30 bits per heavy atom. The highest BCUT2D eigenvalue weighted by atomic mass is 19.1. The number of amides is 1. The van der Waals surface area contributed by atoms with Gasteiger partial charge in [0.15, 0.2) is 0 Å². The van der Waals surface area contributed by atoms with E-state index in [9.17, 15) is 14.0 Å². The Morgan fingerprint density at radius 2 is 1.90 bits per heavy atom. The molecule has 2 atom stereocenters. The van der Waals surface area contributed by atoms with Gasteiger partial charge in [0.25, 0.3) is 0 Å². The van der Waals surface area contributed by atoms with Gasteiger partial charge in [-0.25, -0.2) is 4.39 Å². The molecule has 1 saturated carbocycles. The third-order valence-corrected chi connectivity index (χ3v) is 4.07. The summed E-state index contributed by atoms with van der Waals surface area (Å²) in [5.74, 6) is -2.33. The first-order valence-electron chi connectivity index (χ1n) is 6.67. The summed E-state index contributed by atoms with van der Waals surface area (Å²) < 4.78 is 13.8. The summed E-state index contributed by atoms with van der Waals surface area (Å²) in [7, 11) is 0. The maximum Gasteiger partial charge on any atom is 0.308 e. The van der Waals surface area contributed by atoms with Gasteiger partial charge in [-0.3, -0.25) is 9.59 Å². The zero-order chi connectivity index (χ0) is 14.9. The van der Waals surface area contributed by atoms with E-state index in [0.717, 1.165) is 0 Å². The number of nitrogens with one attached hydrogen (secondary N) is 1. The van der Waals surface area contributed by atoms with Gasteiger partial charge >= 0.3 is 5.97 Å². The van der Waals surface area contributed by atoms with Crippen LogP contribution in [-0.4, -0.2) is 23.0 Å². The molecule has 1 aromatic rings. The SMILES string of the molecule is CC(NC(=O)C1(c2ccccc2F)CC1)C(C)C(=O)O. The lowest BCUT2D eigenvalue weighted by Gasteiger charge is -2.22. The van der Waals surface area contributed by atoms with Crippen LogP contribution in [-0.2, 0) is 15.0 Å². The number of halogens is 1. The van der Waals surface area contributed by atoms with Crippen molar-refractivity contribution in [1.82, 2.24) is 5.32 Å². The molecule has 5 heteroatoms. The molecule has 1 amide bonds. The molecule has 0 spiro atoms. The Kier molecular flexibility index (Phi) is 3.79. The minimum absolute atomic E-state index is 0.289. The van der Waals surface area contributed by atoms with Crippen molar-refractivity contribution < 1.29 is 19.1 Å². The van der Waals surface area contributed by atoms with Gasteiger partial charge in [0.2, 0.25) is 5.91 Å². The second-order valence-electron chi connectivity index (χ2n) is 5.45. The van der Waals surface area contributed by atoms with Crippen LogP contribution in [0.4, 0.5) is 4.39 Å². The molecule has 0 heterocycles. The van der Waals surface area contributed by atoms with E-state index in [1.54, 1.807) is 25.1 Å². The Morgan fingerprint density at radius 3 is 2.40 bits per heavy atom. The van der Waals surface area contributed by atoms with Crippen molar-refractivity contribution in [3.05, 3.63) is 35.6 Å². The smallest absolute Gasteiger partial charge is 0.308 e. The Balaban J connectivity index is 2.14. The van der Waals surface area contributed by atoms with Crippen LogP contribution >= 0.6 is 0 Å². The van der Waals surface area contributed by atoms with Crippen molar-refractivity contribution >= 4 is 11.9 Å². The van der Waals surface area contributed by atoms with E-state index in [2.05, 4.69) is 5.32 Å². The minimum Gasteiger partial charge on any atom is -0.481 e. The van der Waals surface area contributed by atoms with E-state index < -0.39 is 23.3 Å². The summed E-state index contributed by atoms with van der Waals surface area (Å²) in [6, 6.07) is 5.75. The lowest BCUT2D eigenvalue weighted by molar-refractivity contribution is -0.142. The summed E-state index contributed by atoms with van der Waals surface area (Å²) in [6.07, 6.45) is 1.18. The molecule has 2 rings (SSSR count). The van der Waals surface area contributed by atoms with Crippen molar-refractivity contribution in [3.8, 4) is 0 Å². The average Bonchev–Trinajstić information content (AvgIpc) is 3.19. The zero-order valence-corrected chi connectivity index (χ0v) is 11.5. The molecule has 1 aliphatic carbocycles. The largest absolute Gasteiger partial charge is 0.481 e. The lowest BCUT2D eigenvalue weighted by atomic mass is 9.93. The van der Waals surface area contributed by atoms with Gasteiger partial charge in [-0.1, -0.05) is 18.2 Å². The van der Waals surface area contributed by atoms with E-state index in [1.807, 2.05) is 0 Å². The number of hydrogen-bond acceptors (Lipinski definition) is 2. The molecular weight excluding hydrogens is 261 g/mol. The zero-order valence-electron chi connectivity index (χ0n) is 11.5. The van der Waals surface area contributed by atoms with Crippen molar-refractivity contribution in [2.24, 2.45) is 5.92 Å². The van der Waals surface area contributed by atoms with E-state index in [-0.39, 0.29) is 11.7 Å². The maximum absolute atomic E-state index is 13.8. The maximum atomic E-state index is 13.8. The van der Waals surface area contributed by atoms with E-state index in [1.165, 1.54) is 13.0 Å². The number of aliphatic carboxylic acids is 1. The molecule has 0 aromatic heterocycles. The van der Waals surface area contributed by atoms with Gasteiger partial charge in [0, 0.05) is 11.6 Å². The number of carboxylic acids is 1. The molecule has 1 fully saturated rings. The van der Waals surface area contributed by atoms with Crippen LogP contribution in [0.2, 0.25) is 0 Å². The van der Waals surface area contributed by atoms with Crippen LogP contribution in [0.5, 0.6) is 0 Å². The molecular formula is C15H18FNO3. The molecule has 1 aromatic carbocycles. The van der Waals surface area contributed by atoms with E-state index in [0.29, 0.717) is 18.4 Å². The van der Waals surface area contributed by atoms with Crippen molar-refractivity contribution in [3.63, 3.8) is 0 Å². The first kappa shape index (κ1) is 14.5. The van der Waals surface area contributed by atoms with Crippen LogP contribution in [0.1, 0.15) is 32.3 Å². The number of carbonyl (C=O) groups is 2. The van der Waals surface area contributed by atoms with Crippen molar-refractivity contribution in [2.75, 3.05) is 0 Å². The first-order valence-corrected chi connectivity index (χ1v) is 6.67. The van der Waals surface area contributed by atoms with Crippen LogP contribution in [0, 0.1) is 11.7 Å². The molecule has 0 bridgehead atoms. The number of rotatable bonds is 5. The van der Waals surface area contributed by atoms with Crippen LogP contribution in [0.3, 0.4) is 0 Å². The van der Waals surface area contributed by atoms with Crippen LogP contribution in [0.25, 0.3) is 0 Å². The number of carbonyl (C=O) groups excluding carboxylic acids is 1. The number of benzene rings is 1. The van der Waals surface area contributed by atoms with Gasteiger partial charge in [-0.15, -0.1) is 0 Å². The number of hydrogen-bond donors (Lipinski definition) is 2. The van der Waals surface area contributed by atoms with Gasteiger partial charge in [0.05, 0.1) is 11.3 Å². The lowest BCUT2D eigenvalue weighted by Crippen LogP contribution is -2.45. The molecule has 2 unspecified atom stereocenters. The highest BCUT2D eigenvalue weighted by molar-refractivity contribution is 5.91. The highest BCUT2D eigenvalue weighted by Gasteiger charge is 2.53. The molecule has 1 aliphatic rings.